The second kappa shape index (κ2) is 7.20. The van der Waals surface area contributed by atoms with Gasteiger partial charge in [-0.05, 0) is 59.3 Å². The van der Waals surface area contributed by atoms with Crippen LogP contribution in [0.4, 0.5) is 11.4 Å². The van der Waals surface area contributed by atoms with E-state index in [1.165, 1.54) is 5.01 Å². The number of nitrogens with zero attached hydrogens (tertiary/aromatic N) is 3. The fourth-order valence-electron chi connectivity index (χ4n) is 2.33. The van der Waals surface area contributed by atoms with Crippen LogP contribution in [0.15, 0.2) is 53.0 Å². The molecular weight excluding hydrogens is 382 g/mol. The molecule has 3 aromatic rings. The number of hydrazine groups is 1. The van der Waals surface area contributed by atoms with Gasteiger partial charge in [-0.3, -0.25) is 15.3 Å². The molecule has 0 atom stereocenters. The van der Waals surface area contributed by atoms with Gasteiger partial charge in [0, 0.05) is 11.3 Å². The van der Waals surface area contributed by atoms with E-state index in [2.05, 4.69) is 37.6 Å². The van der Waals surface area contributed by atoms with Crippen molar-refractivity contribution in [3.05, 3.63) is 64.3 Å². The van der Waals surface area contributed by atoms with Gasteiger partial charge in [-0.25, -0.2) is 5.01 Å². The molecule has 1 amide bonds. The molecule has 0 spiro atoms. The van der Waals surface area contributed by atoms with Gasteiger partial charge in [0.2, 0.25) is 6.41 Å². The summed E-state index contributed by atoms with van der Waals surface area (Å²) in [7, 11) is 0. The van der Waals surface area contributed by atoms with Crippen LogP contribution in [0.1, 0.15) is 11.3 Å². The molecule has 3 rings (SSSR count). The number of nitriles is 1. The third-order valence-corrected chi connectivity index (χ3v) is 4.61. The molecule has 7 heteroatoms. The summed E-state index contributed by atoms with van der Waals surface area (Å²) in [6.07, 6.45) is 0.683. The van der Waals surface area contributed by atoms with Gasteiger partial charge in [-0.15, -0.1) is 0 Å². The van der Waals surface area contributed by atoms with E-state index in [-0.39, 0.29) is 0 Å². The Labute approximate surface area is 153 Å². The predicted octanol–water partition coefficient (Wildman–Crippen LogP) is 4.01. The van der Waals surface area contributed by atoms with Crippen molar-refractivity contribution in [1.82, 2.24) is 10.2 Å². The fourth-order valence-corrected chi connectivity index (χ4v) is 2.74. The molecule has 0 bridgehead atoms. The van der Waals surface area contributed by atoms with Crippen LogP contribution < -0.4 is 10.4 Å². The largest absolute Gasteiger partial charge is 0.292 e. The number of benzene rings is 2. The van der Waals surface area contributed by atoms with E-state index in [4.69, 9.17) is 5.26 Å². The topological polar surface area (TPSA) is 84.8 Å². The highest BCUT2D eigenvalue weighted by Gasteiger charge is 2.11. The Hall–Kier alpha value is -3.11. The SMILES string of the molecule is Cc1[nH]nc(-c2cccc(NN(C=O)c3ccc(C#N)cc3)c2)c1Br. The minimum Gasteiger partial charge on any atom is -0.292 e. The lowest BCUT2D eigenvalue weighted by Gasteiger charge is -2.20. The zero-order chi connectivity index (χ0) is 17.8. The number of rotatable bonds is 5. The van der Waals surface area contributed by atoms with Crippen molar-refractivity contribution < 1.29 is 4.79 Å². The van der Waals surface area contributed by atoms with Gasteiger partial charge >= 0.3 is 0 Å². The molecule has 1 aromatic heterocycles. The van der Waals surface area contributed by atoms with E-state index in [9.17, 15) is 4.79 Å². The molecule has 6 nitrogen and oxygen atoms in total. The smallest absolute Gasteiger partial charge is 0.232 e. The Morgan fingerprint density at radius 1 is 1.28 bits per heavy atom. The number of anilines is 2. The highest BCUT2D eigenvalue weighted by Crippen LogP contribution is 2.30. The number of H-pyrrole nitrogens is 1. The molecule has 0 saturated heterocycles. The maximum Gasteiger partial charge on any atom is 0.232 e. The average molecular weight is 396 g/mol. The van der Waals surface area contributed by atoms with Crippen molar-refractivity contribution >= 4 is 33.7 Å². The molecular formula is C18H14BrN5O. The number of carbonyl (C=O) groups is 1. The number of nitrogens with one attached hydrogen (secondary N) is 2. The summed E-state index contributed by atoms with van der Waals surface area (Å²) in [6.45, 7) is 1.93. The van der Waals surface area contributed by atoms with E-state index >= 15 is 0 Å². The Balaban J connectivity index is 1.86. The standard InChI is InChI=1S/C18H14BrN5O/c1-12-17(19)18(22-21-12)14-3-2-4-15(9-14)23-24(11-25)16-7-5-13(10-20)6-8-16/h2-9,11,23H,1H3,(H,21,22). The van der Waals surface area contributed by atoms with Crippen LogP contribution in [0.25, 0.3) is 11.3 Å². The molecule has 124 valence electrons. The molecule has 0 radical (unpaired) electrons. The minimum absolute atomic E-state index is 0.537. The summed E-state index contributed by atoms with van der Waals surface area (Å²) < 4.78 is 0.906. The van der Waals surface area contributed by atoms with Crippen molar-refractivity contribution in [2.24, 2.45) is 0 Å². The molecule has 2 aromatic carbocycles. The first-order valence-electron chi connectivity index (χ1n) is 7.44. The van der Waals surface area contributed by atoms with E-state index in [1.807, 2.05) is 31.2 Å². The number of hydrogen-bond donors (Lipinski definition) is 2. The van der Waals surface area contributed by atoms with Crippen LogP contribution in [0.5, 0.6) is 0 Å². The van der Waals surface area contributed by atoms with Gasteiger partial charge in [0.15, 0.2) is 0 Å². The van der Waals surface area contributed by atoms with Crippen LogP contribution in [0, 0.1) is 18.3 Å². The number of halogens is 1. The lowest BCUT2D eigenvalue weighted by atomic mass is 10.1. The van der Waals surface area contributed by atoms with Gasteiger partial charge in [0.05, 0.1) is 27.5 Å². The van der Waals surface area contributed by atoms with Crippen LogP contribution in [-0.2, 0) is 4.79 Å². The van der Waals surface area contributed by atoms with Crippen LogP contribution in [0.2, 0.25) is 0 Å². The molecule has 0 saturated carbocycles. The molecule has 0 aliphatic carbocycles. The number of carbonyl (C=O) groups excluding carboxylic acids is 1. The second-order valence-electron chi connectivity index (χ2n) is 5.34. The average Bonchev–Trinajstić information content (AvgIpc) is 2.99. The summed E-state index contributed by atoms with van der Waals surface area (Å²) in [6, 6.07) is 16.4. The van der Waals surface area contributed by atoms with Crippen LogP contribution >= 0.6 is 15.9 Å². The normalized spacial score (nSPS) is 10.1. The number of aryl methyl sites for hydroxylation is 1. The van der Waals surface area contributed by atoms with Gasteiger partial charge in [-0.1, -0.05) is 12.1 Å². The third-order valence-electron chi connectivity index (χ3n) is 3.64. The maximum atomic E-state index is 11.5. The van der Waals surface area contributed by atoms with E-state index in [1.54, 1.807) is 24.3 Å². The highest BCUT2D eigenvalue weighted by molar-refractivity contribution is 9.10. The first-order valence-corrected chi connectivity index (χ1v) is 8.24. The van der Waals surface area contributed by atoms with Crippen molar-refractivity contribution in [2.45, 2.75) is 6.92 Å². The minimum atomic E-state index is 0.537. The summed E-state index contributed by atoms with van der Waals surface area (Å²) >= 11 is 3.52. The third kappa shape index (κ3) is 3.54. The van der Waals surface area contributed by atoms with Crippen LogP contribution in [-0.4, -0.2) is 16.6 Å². The van der Waals surface area contributed by atoms with Gasteiger partial charge in [0.25, 0.3) is 0 Å². The molecule has 25 heavy (non-hydrogen) atoms. The maximum absolute atomic E-state index is 11.5. The van der Waals surface area contributed by atoms with Gasteiger partial charge in [0.1, 0.15) is 5.69 Å². The lowest BCUT2D eigenvalue weighted by molar-refractivity contribution is -0.107. The summed E-state index contributed by atoms with van der Waals surface area (Å²) in [5.41, 5.74) is 7.62. The number of aromatic amines is 1. The van der Waals surface area contributed by atoms with Crippen LogP contribution in [0.3, 0.4) is 0 Å². The Kier molecular flexibility index (Phi) is 4.82. The number of hydrogen-bond acceptors (Lipinski definition) is 4. The zero-order valence-electron chi connectivity index (χ0n) is 13.3. The van der Waals surface area contributed by atoms with Crippen molar-refractivity contribution in [2.75, 3.05) is 10.4 Å². The van der Waals surface area contributed by atoms with Crippen molar-refractivity contribution in [1.29, 1.82) is 5.26 Å². The Morgan fingerprint density at radius 3 is 2.64 bits per heavy atom. The van der Waals surface area contributed by atoms with Crippen molar-refractivity contribution in [3.63, 3.8) is 0 Å². The first-order chi connectivity index (χ1) is 12.1. The van der Waals surface area contributed by atoms with Gasteiger partial charge in [-0.2, -0.15) is 10.4 Å². The van der Waals surface area contributed by atoms with Gasteiger partial charge < -0.3 is 0 Å². The van der Waals surface area contributed by atoms with E-state index in [0.29, 0.717) is 17.7 Å². The van der Waals surface area contributed by atoms with Crippen molar-refractivity contribution in [3.8, 4) is 17.3 Å². The molecule has 0 aliphatic rings. The summed E-state index contributed by atoms with van der Waals surface area (Å²) in [5, 5.41) is 17.4. The monoisotopic (exact) mass is 395 g/mol. The summed E-state index contributed by atoms with van der Waals surface area (Å²) in [4.78, 5) is 11.5. The Bertz CT molecular complexity index is 943. The first kappa shape index (κ1) is 16.7. The second-order valence-corrected chi connectivity index (χ2v) is 6.13. The number of amides is 1. The van der Waals surface area contributed by atoms with E-state index < -0.39 is 0 Å². The molecule has 0 fully saturated rings. The van der Waals surface area contributed by atoms with E-state index in [0.717, 1.165) is 27.1 Å². The molecule has 0 unspecified atom stereocenters. The fraction of sp³-hybridized carbons (Fsp3) is 0.0556. The molecule has 1 heterocycles. The Morgan fingerprint density at radius 2 is 2.04 bits per heavy atom. The highest BCUT2D eigenvalue weighted by atomic mass is 79.9. The molecule has 2 N–H and O–H groups in total. The lowest BCUT2D eigenvalue weighted by Crippen LogP contribution is -2.27. The molecule has 0 aliphatic heterocycles. The quantitative estimate of drug-likeness (QED) is 0.504. The zero-order valence-corrected chi connectivity index (χ0v) is 14.9. The predicted molar refractivity (Wildman–Crippen MR) is 99.8 cm³/mol. The summed E-state index contributed by atoms with van der Waals surface area (Å²) in [5.74, 6) is 0. The number of aromatic nitrogens is 2.